The van der Waals surface area contributed by atoms with Gasteiger partial charge in [0.25, 0.3) is 5.03 Å². The average Bonchev–Trinajstić information content (AvgIpc) is 2.23. The number of carbonyl (C=O) groups is 1. The van der Waals surface area contributed by atoms with Gasteiger partial charge in [0, 0.05) is 6.07 Å². The van der Waals surface area contributed by atoms with Crippen molar-refractivity contribution in [3.8, 4) is 0 Å². The number of carboxylic acids is 1. The minimum atomic E-state index is -4.76. The Morgan fingerprint density at radius 1 is 1.53 bits per heavy atom. The van der Waals surface area contributed by atoms with E-state index in [1.54, 1.807) is 6.08 Å². The zero-order chi connectivity index (χ0) is 14.6. The van der Waals surface area contributed by atoms with Crippen LogP contribution in [0.1, 0.15) is 19.4 Å². The molecule has 6 nitrogen and oxygen atoms in total. The third kappa shape index (κ3) is 4.46. The Kier molecular flexibility index (Phi) is 4.79. The fourth-order valence-corrected chi connectivity index (χ4v) is 2.37. The van der Waals surface area contributed by atoms with Gasteiger partial charge in [-0.05, 0) is 12.0 Å². The Morgan fingerprint density at radius 3 is 2.63 bits per heavy atom. The predicted molar refractivity (Wildman–Crippen MR) is 66.1 cm³/mol. The lowest BCUT2D eigenvalue weighted by Gasteiger charge is -2.09. The van der Waals surface area contributed by atoms with Crippen molar-refractivity contribution >= 4 is 22.2 Å². The first-order chi connectivity index (χ1) is 8.71. The van der Waals surface area contributed by atoms with E-state index in [0.717, 1.165) is 4.57 Å². The molecule has 0 aliphatic carbocycles. The second kappa shape index (κ2) is 5.94. The number of pyridine rings is 1. The quantitative estimate of drug-likeness (QED) is 0.632. The standard InChI is InChI=1S/C12H15NO5S/c1-9(2)5-6-10-4-3-7-13(8-11(14)15)12(10)19(16,17)18/h3-7,9H,8H2,1-2H3,(H-,14,15,16,17,18)/b6-5+. The lowest BCUT2D eigenvalue weighted by atomic mass is 10.1. The van der Waals surface area contributed by atoms with E-state index in [1.165, 1.54) is 24.4 Å². The van der Waals surface area contributed by atoms with E-state index in [4.69, 9.17) is 5.11 Å². The number of nitrogens with zero attached hydrogens (tertiary/aromatic N) is 1. The number of carboxylic acid groups (broad SMARTS) is 1. The largest absolute Gasteiger partial charge is 0.740 e. The molecule has 1 aromatic rings. The fraction of sp³-hybridized carbons (Fsp3) is 0.333. The van der Waals surface area contributed by atoms with Gasteiger partial charge in [0.2, 0.25) is 6.54 Å². The molecule has 0 radical (unpaired) electrons. The number of hydrogen-bond donors (Lipinski definition) is 1. The zero-order valence-corrected chi connectivity index (χ0v) is 11.4. The monoisotopic (exact) mass is 285 g/mol. The van der Waals surface area contributed by atoms with Gasteiger partial charge in [0.1, 0.15) is 0 Å². The Hall–Kier alpha value is -1.73. The molecule has 104 valence electrons. The Bertz CT molecular complexity index is 605. The van der Waals surface area contributed by atoms with Crippen molar-refractivity contribution in [3.63, 3.8) is 0 Å². The first-order valence-corrected chi connectivity index (χ1v) is 7.01. The van der Waals surface area contributed by atoms with E-state index in [9.17, 15) is 17.8 Å². The van der Waals surface area contributed by atoms with Crippen molar-refractivity contribution in [2.75, 3.05) is 0 Å². The van der Waals surface area contributed by atoms with Gasteiger partial charge in [-0.3, -0.25) is 0 Å². The maximum atomic E-state index is 11.3. The average molecular weight is 285 g/mol. The highest BCUT2D eigenvalue weighted by Gasteiger charge is 2.23. The third-order valence-electron chi connectivity index (χ3n) is 2.25. The SMILES string of the molecule is CC(C)/C=C/c1ccc[n+](CC(=O)O)c1S(=O)(=O)[O-]. The van der Waals surface area contributed by atoms with Crippen LogP contribution < -0.4 is 4.57 Å². The second-order valence-corrected chi connectivity index (χ2v) is 5.64. The molecule has 0 atom stereocenters. The maximum absolute atomic E-state index is 11.3. The van der Waals surface area contributed by atoms with Crippen LogP contribution in [0.15, 0.2) is 29.4 Å². The summed E-state index contributed by atoms with van der Waals surface area (Å²) in [6.07, 6.45) is 4.49. The lowest BCUT2D eigenvalue weighted by molar-refractivity contribution is -0.723. The van der Waals surface area contributed by atoms with Crippen molar-refractivity contribution in [1.82, 2.24) is 0 Å². The maximum Gasteiger partial charge on any atom is 0.370 e. The highest BCUT2D eigenvalue weighted by atomic mass is 32.2. The summed E-state index contributed by atoms with van der Waals surface area (Å²) >= 11 is 0. The topological polar surface area (TPSA) is 98.4 Å². The van der Waals surface area contributed by atoms with Crippen molar-refractivity contribution in [2.24, 2.45) is 5.92 Å². The molecular formula is C12H15NO5S. The number of allylic oxidation sites excluding steroid dienone is 1. The fourth-order valence-electron chi connectivity index (χ4n) is 1.54. The Labute approximate surface area is 111 Å². The van der Waals surface area contributed by atoms with Gasteiger partial charge >= 0.3 is 5.97 Å². The molecule has 0 unspecified atom stereocenters. The van der Waals surface area contributed by atoms with Crippen LogP contribution in [0.25, 0.3) is 6.08 Å². The van der Waals surface area contributed by atoms with Gasteiger partial charge in [-0.25, -0.2) is 13.2 Å². The number of aromatic nitrogens is 1. The molecule has 19 heavy (non-hydrogen) atoms. The molecule has 0 amide bonds. The Morgan fingerprint density at radius 2 is 2.16 bits per heavy atom. The molecule has 0 aliphatic heterocycles. The summed E-state index contributed by atoms with van der Waals surface area (Å²) in [7, 11) is -4.76. The first-order valence-electron chi connectivity index (χ1n) is 5.60. The van der Waals surface area contributed by atoms with Gasteiger partial charge in [-0.2, -0.15) is 4.57 Å². The highest BCUT2D eigenvalue weighted by Crippen LogP contribution is 2.13. The van der Waals surface area contributed by atoms with Gasteiger partial charge in [-0.1, -0.05) is 26.0 Å². The molecular weight excluding hydrogens is 270 g/mol. The molecule has 1 heterocycles. The predicted octanol–water partition coefficient (Wildman–Crippen LogP) is 0.632. The molecule has 0 fully saturated rings. The van der Waals surface area contributed by atoms with Gasteiger partial charge < -0.3 is 9.66 Å². The normalized spacial score (nSPS) is 12.2. The molecule has 0 aliphatic rings. The van der Waals surface area contributed by atoms with Crippen molar-refractivity contribution in [2.45, 2.75) is 25.4 Å². The van der Waals surface area contributed by atoms with Crippen LogP contribution in [-0.4, -0.2) is 24.0 Å². The third-order valence-corrected chi connectivity index (χ3v) is 3.20. The number of hydrogen-bond acceptors (Lipinski definition) is 4. The van der Waals surface area contributed by atoms with E-state index in [-0.39, 0.29) is 11.5 Å². The Balaban J connectivity index is 3.43. The van der Waals surface area contributed by atoms with E-state index < -0.39 is 27.7 Å². The summed E-state index contributed by atoms with van der Waals surface area (Å²) in [6, 6.07) is 2.96. The summed E-state index contributed by atoms with van der Waals surface area (Å²) in [4.78, 5) is 10.7. The summed E-state index contributed by atoms with van der Waals surface area (Å²) in [6.45, 7) is 3.21. The minimum Gasteiger partial charge on any atom is -0.740 e. The van der Waals surface area contributed by atoms with Crippen LogP contribution in [0.4, 0.5) is 0 Å². The molecule has 1 rings (SSSR count). The molecule has 0 bridgehead atoms. The van der Waals surface area contributed by atoms with Crippen LogP contribution in [-0.2, 0) is 21.5 Å². The van der Waals surface area contributed by atoms with Crippen LogP contribution in [0.2, 0.25) is 0 Å². The van der Waals surface area contributed by atoms with E-state index >= 15 is 0 Å². The molecule has 1 N–H and O–H groups in total. The van der Waals surface area contributed by atoms with E-state index in [0.29, 0.717) is 0 Å². The van der Waals surface area contributed by atoms with E-state index in [2.05, 4.69) is 0 Å². The number of rotatable bonds is 5. The van der Waals surface area contributed by atoms with Crippen LogP contribution in [0.5, 0.6) is 0 Å². The van der Waals surface area contributed by atoms with Crippen molar-refractivity contribution < 1.29 is 27.4 Å². The van der Waals surface area contributed by atoms with Gasteiger partial charge in [-0.15, -0.1) is 0 Å². The highest BCUT2D eigenvalue weighted by molar-refractivity contribution is 7.85. The van der Waals surface area contributed by atoms with Crippen LogP contribution >= 0.6 is 0 Å². The summed E-state index contributed by atoms with van der Waals surface area (Å²) in [5.41, 5.74) is 0.187. The summed E-state index contributed by atoms with van der Waals surface area (Å²) in [5, 5.41) is 8.20. The zero-order valence-electron chi connectivity index (χ0n) is 10.6. The molecule has 1 aromatic heterocycles. The van der Waals surface area contributed by atoms with Crippen molar-refractivity contribution in [1.29, 1.82) is 0 Å². The first kappa shape index (κ1) is 15.3. The van der Waals surface area contributed by atoms with E-state index in [1.807, 2.05) is 13.8 Å². The minimum absolute atomic E-state index is 0.176. The summed E-state index contributed by atoms with van der Waals surface area (Å²) in [5.74, 6) is -1.05. The number of aliphatic carboxylic acids is 1. The molecule has 0 saturated heterocycles. The molecule has 7 heteroatoms. The van der Waals surface area contributed by atoms with Gasteiger partial charge in [0.15, 0.2) is 16.3 Å². The second-order valence-electron chi connectivity index (χ2n) is 4.35. The molecule has 0 saturated carbocycles. The van der Waals surface area contributed by atoms with Crippen LogP contribution in [0, 0.1) is 5.92 Å². The lowest BCUT2D eigenvalue weighted by Crippen LogP contribution is -2.43. The molecule has 0 aromatic carbocycles. The summed E-state index contributed by atoms with van der Waals surface area (Å²) < 4.78 is 34.8. The van der Waals surface area contributed by atoms with Crippen molar-refractivity contribution in [3.05, 3.63) is 30.0 Å². The van der Waals surface area contributed by atoms with Gasteiger partial charge in [0.05, 0.1) is 5.56 Å². The molecule has 0 spiro atoms. The van der Waals surface area contributed by atoms with Crippen LogP contribution in [0.3, 0.4) is 0 Å². The smallest absolute Gasteiger partial charge is 0.370 e.